The number of benzene rings is 1. The molecule has 0 heterocycles. The summed E-state index contributed by atoms with van der Waals surface area (Å²) >= 11 is 0. The molecule has 2 unspecified atom stereocenters. The molecule has 1 aromatic carbocycles. The third-order valence-corrected chi connectivity index (χ3v) is 3.73. The molecule has 2 atom stereocenters. The van der Waals surface area contributed by atoms with E-state index in [1.54, 1.807) is 0 Å². The molecule has 1 aliphatic carbocycles. The number of nitrogens with two attached hydrogens (primary N) is 1. The Morgan fingerprint density at radius 3 is 2.42 bits per heavy atom. The first-order chi connectivity index (χ1) is 8.88. The first-order valence-electron chi connectivity index (χ1n) is 6.50. The molecule has 2 N–H and O–H groups in total. The summed E-state index contributed by atoms with van der Waals surface area (Å²) in [6.07, 6.45) is -0.118. The van der Waals surface area contributed by atoms with E-state index in [-0.39, 0.29) is 12.0 Å². The van der Waals surface area contributed by atoms with E-state index >= 15 is 0 Å². The Labute approximate surface area is 109 Å². The van der Waals surface area contributed by atoms with Crippen LogP contribution in [0.3, 0.4) is 0 Å². The fourth-order valence-corrected chi connectivity index (χ4v) is 2.72. The maximum absolute atomic E-state index is 13.5. The summed E-state index contributed by atoms with van der Waals surface area (Å²) in [5, 5.41) is 0. The predicted octanol–water partition coefficient (Wildman–Crippen LogP) is 4.22. The summed E-state index contributed by atoms with van der Waals surface area (Å²) in [7, 11) is 0. The van der Waals surface area contributed by atoms with E-state index in [0.717, 1.165) is 37.8 Å². The Kier molecular flexibility index (Phi) is 4.13. The van der Waals surface area contributed by atoms with Gasteiger partial charge in [0.15, 0.2) is 0 Å². The van der Waals surface area contributed by atoms with Gasteiger partial charge in [-0.3, -0.25) is 0 Å². The zero-order valence-corrected chi connectivity index (χ0v) is 10.5. The van der Waals surface area contributed by atoms with Crippen LogP contribution in [0.5, 0.6) is 0 Å². The van der Waals surface area contributed by atoms with Crippen molar-refractivity contribution >= 4 is 0 Å². The summed E-state index contributed by atoms with van der Waals surface area (Å²) in [4.78, 5) is 0. The Morgan fingerprint density at radius 1 is 1.11 bits per heavy atom. The van der Waals surface area contributed by atoms with Crippen molar-refractivity contribution in [2.45, 2.75) is 50.2 Å². The predicted molar refractivity (Wildman–Crippen MR) is 65.2 cm³/mol. The summed E-state index contributed by atoms with van der Waals surface area (Å²) in [6, 6.07) is 3.29. The maximum atomic E-state index is 13.5. The molecule has 0 saturated heterocycles. The summed E-state index contributed by atoms with van der Waals surface area (Å²) in [6.45, 7) is 0. The smallest absolute Gasteiger partial charge is 0.328 e. The number of halogens is 4. The van der Waals surface area contributed by atoms with Crippen molar-refractivity contribution in [3.05, 3.63) is 35.1 Å². The number of rotatable bonds is 1. The van der Waals surface area contributed by atoms with Gasteiger partial charge in [-0.05, 0) is 42.9 Å². The van der Waals surface area contributed by atoms with E-state index in [9.17, 15) is 17.6 Å². The van der Waals surface area contributed by atoms with E-state index in [2.05, 4.69) is 0 Å². The van der Waals surface area contributed by atoms with Crippen molar-refractivity contribution < 1.29 is 17.6 Å². The van der Waals surface area contributed by atoms with Crippen molar-refractivity contribution in [1.29, 1.82) is 0 Å². The lowest BCUT2D eigenvalue weighted by Gasteiger charge is -2.18. The molecule has 19 heavy (non-hydrogen) atoms. The molecule has 1 fully saturated rings. The number of alkyl halides is 3. The molecule has 106 valence electrons. The monoisotopic (exact) mass is 275 g/mol. The molecule has 5 heteroatoms. The second kappa shape index (κ2) is 5.49. The first-order valence-corrected chi connectivity index (χ1v) is 6.50. The molecule has 2 rings (SSSR count). The molecule has 0 spiro atoms. The maximum Gasteiger partial charge on any atom is 0.419 e. The molecular weight excluding hydrogens is 258 g/mol. The summed E-state index contributed by atoms with van der Waals surface area (Å²) in [5.41, 5.74) is 5.35. The Bertz CT molecular complexity index is 442. The van der Waals surface area contributed by atoms with Gasteiger partial charge >= 0.3 is 6.18 Å². The first kappa shape index (κ1) is 14.3. The minimum atomic E-state index is -4.64. The van der Waals surface area contributed by atoms with Crippen LogP contribution in [-0.2, 0) is 6.18 Å². The van der Waals surface area contributed by atoms with Gasteiger partial charge in [-0.15, -0.1) is 0 Å². The molecule has 0 amide bonds. The second-order valence-corrected chi connectivity index (χ2v) is 5.21. The Balaban J connectivity index is 2.24. The zero-order chi connectivity index (χ0) is 14.0. The quantitative estimate of drug-likeness (QED) is 0.602. The van der Waals surface area contributed by atoms with Gasteiger partial charge < -0.3 is 5.73 Å². The summed E-state index contributed by atoms with van der Waals surface area (Å²) < 4.78 is 51.0. The van der Waals surface area contributed by atoms with Crippen LogP contribution in [0.25, 0.3) is 0 Å². The lowest BCUT2D eigenvalue weighted by Crippen LogP contribution is -2.21. The number of hydrogen-bond acceptors (Lipinski definition) is 1. The van der Waals surface area contributed by atoms with Crippen LogP contribution in [-0.4, -0.2) is 6.04 Å². The fourth-order valence-electron chi connectivity index (χ4n) is 2.72. The van der Waals surface area contributed by atoms with Gasteiger partial charge in [0.25, 0.3) is 0 Å². The van der Waals surface area contributed by atoms with Gasteiger partial charge in [-0.2, -0.15) is 13.2 Å². The van der Waals surface area contributed by atoms with E-state index in [4.69, 9.17) is 5.73 Å². The van der Waals surface area contributed by atoms with Gasteiger partial charge in [-0.25, -0.2) is 4.39 Å². The van der Waals surface area contributed by atoms with Crippen molar-refractivity contribution in [1.82, 2.24) is 0 Å². The van der Waals surface area contributed by atoms with E-state index in [1.807, 2.05) is 0 Å². The third kappa shape index (κ3) is 3.47. The molecule has 0 radical (unpaired) electrons. The summed E-state index contributed by atoms with van der Waals surface area (Å²) in [5.74, 6) is -1.13. The molecule has 1 aliphatic rings. The van der Waals surface area contributed by atoms with Crippen molar-refractivity contribution in [2.24, 2.45) is 5.73 Å². The van der Waals surface area contributed by atoms with Gasteiger partial charge in [0.1, 0.15) is 5.82 Å². The minimum Gasteiger partial charge on any atom is -0.328 e. The van der Waals surface area contributed by atoms with Crippen LogP contribution in [0.4, 0.5) is 17.6 Å². The van der Waals surface area contributed by atoms with Crippen molar-refractivity contribution in [2.75, 3.05) is 0 Å². The topological polar surface area (TPSA) is 26.0 Å². The Hall–Kier alpha value is -1.10. The largest absolute Gasteiger partial charge is 0.419 e. The molecule has 0 aliphatic heterocycles. The standard InChI is InChI=1S/C14H17F4N/c15-13-8-10(5-6-12(13)14(16,17)18)9-3-1-2-4-11(19)7-9/h5-6,8-9,11H,1-4,7,19H2. The molecule has 1 nitrogen and oxygen atoms in total. The van der Waals surface area contributed by atoms with Crippen molar-refractivity contribution in [3.8, 4) is 0 Å². The minimum absolute atomic E-state index is 0.0536. The highest BCUT2D eigenvalue weighted by molar-refractivity contribution is 5.29. The van der Waals surface area contributed by atoms with Gasteiger partial charge in [0, 0.05) is 6.04 Å². The van der Waals surface area contributed by atoms with Crippen LogP contribution < -0.4 is 5.73 Å². The normalized spacial score (nSPS) is 25.1. The lowest BCUT2D eigenvalue weighted by atomic mass is 9.90. The fraction of sp³-hybridized carbons (Fsp3) is 0.571. The average molecular weight is 275 g/mol. The average Bonchev–Trinajstić information content (AvgIpc) is 2.52. The van der Waals surface area contributed by atoms with E-state index in [0.29, 0.717) is 12.0 Å². The van der Waals surface area contributed by atoms with E-state index in [1.165, 1.54) is 6.07 Å². The van der Waals surface area contributed by atoms with Crippen molar-refractivity contribution in [3.63, 3.8) is 0 Å². The van der Waals surface area contributed by atoms with Crippen LogP contribution >= 0.6 is 0 Å². The highest BCUT2D eigenvalue weighted by Crippen LogP contribution is 2.35. The third-order valence-electron chi connectivity index (χ3n) is 3.73. The van der Waals surface area contributed by atoms with Crippen LogP contribution in [0, 0.1) is 5.82 Å². The van der Waals surface area contributed by atoms with Crippen LogP contribution in [0.1, 0.15) is 49.1 Å². The molecule has 0 aromatic heterocycles. The number of hydrogen-bond donors (Lipinski definition) is 1. The van der Waals surface area contributed by atoms with Crippen LogP contribution in [0.15, 0.2) is 18.2 Å². The van der Waals surface area contributed by atoms with Gasteiger partial charge in [-0.1, -0.05) is 18.9 Å². The SMILES string of the molecule is NC1CCCCC(c2ccc(C(F)(F)F)c(F)c2)C1. The molecular formula is C14H17F4N. The highest BCUT2D eigenvalue weighted by atomic mass is 19.4. The molecule has 0 bridgehead atoms. The van der Waals surface area contributed by atoms with Gasteiger partial charge in [0.05, 0.1) is 5.56 Å². The Morgan fingerprint density at radius 2 is 1.79 bits per heavy atom. The van der Waals surface area contributed by atoms with E-state index < -0.39 is 17.6 Å². The second-order valence-electron chi connectivity index (χ2n) is 5.21. The molecule has 1 saturated carbocycles. The van der Waals surface area contributed by atoms with Crippen LogP contribution in [0.2, 0.25) is 0 Å². The lowest BCUT2D eigenvalue weighted by molar-refractivity contribution is -0.140. The zero-order valence-electron chi connectivity index (χ0n) is 10.5. The van der Waals surface area contributed by atoms with Gasteiger partial charge in [0.2, 0.25) is 0 Å². The highest BCUT2D eigenvalue weighted by Gasteiger charge is 2.34. The molecule has 1 aromatic rings.